The predicted molar refractivity (Wildman–Crippen MR) is 72.0 cm³/mol. The summed E-state index contributed by atoms with van der Waals surface area (Å²) in [6.07, 6.45) is 4.78. The van der Waals surface area contributed by atoms with Crippen molar-refractivity contribution in [3.63, 3.8) is 0 Å². The van der Waals surface area contributed by atoms with E-state index in [1.807, 2.05) is 0 Å². The monoisotopic (exact) mass is 298 g/mol. The minimum Gasteiger partial charge on any atom is -0.477 e. The highest BCUT2D eigenvalue weighted by Gasteiger charge is 2.41. The van der Waals surface area contributed by atoms with E-state index >= 15 is 0 Å². The molecular weight excluding hydrogens is 280 g/mol. The largest absolute Gasteiger partial charge is 0.477 e. The molecule has 0 unspecified atom stereocenters. The molecule has 20 heavy (non-hydrogen) atoms. The normalized spacial score (nSPS) is 26.9. The van der Waals surface area contributed by atoms with Gasteiger partial charge in [0.2, 0.25) is 10.0 Å². The molecule has 1 saturated carbocycles. The zero-order valence-corrected chi connectivity index (χ0v) is 12.1. The van der Waals surface area contributed by atoms with Gasteiger partial charge in [0.1, 0.15) is 10.6 Å². The van der Waals surface area contributed by atoms with Crippen LogP contribution >= 0.6 is 0 Å². The summed E-state index contributed by atoms with van der Waals surface area (Å²) in [6, 6.07) is 1.24. The number of rotatable bonds is 3. The van der Waals surface area contributed by atoms with Crippen molar-refractivity contribution in [2.45, 2.75) is 24.2 Å². The molecule has 1 aliphatic heterocycles. The van der Waals surface area contributed by atoms with Crippen LogP contribution in [-0.2, 0) is 17.1 Å². The van der Waals surface area contributed by atoms with Crippen LogP contribution in [0.1, 0.15) is 29.8 Å². The molecular formula is C13H18N2O4S. The number of hydrogen-bond acceptors (Lipinski definition) is 3. The van der Waals surface area contributed by atoms with Crippen molar-refractivity contribution in [1.29, 1.82) is 0 Å². The second-order valence-electron chi connectivity index (χ2n) is 5.75. The van der Waals surface area contributed by atoms with Gasteiger partial charge in [-0.25, -0.2) is 13.2 Å². The second-order valence-corrected chi connectivity index (χ2v) is 7.69. The third-order valence-electron chi connectivity index (χ3n) is 4.53. The lowest BCUT2D eigenvalue weighted by atomic mass is 10.0. The van der Waals surface area contributed by atoms with Crippen LogP contribution in [0, 0.1) is 11.8 Å². The smallest absolute Gasteiger partial charge is 0.352 e. The van der Waals surface area contributed by atoms with Crippen LogP contribution in [0.15, 0.2) is 17.2 Å². The highest BCUT2D eigenvalue weighted by atomic mass is 32.2. The molecule has 1 aromatic rings. The topological polar surface area (TPSA) is 79.6 Å². The van der Waals surface area contributed by atoms with E-state index in [4.69, 9.17) is 5.11 Å². The van der Waals surface area contributed by atoms with Gasteiger partial charge in [-0.1, -0.05) is 6.42 Å². The molecule has 0 aromatic carbocycles. The van der Waals surface area contributed by atoms with E-state index in [1.165, 1.54) is 27.6 Å². The molecule has 2 fully saturated rings. The average molecular weight is 298 g/mol. The van der Waals surface area contributed by atoms with Gasteiger partial charge >= 0.3 is 5.97 Å². The molecule has 1 aromatic heterocycles. The Morgan fingerprint density at radius 3 is 2.40 bits per heavy atom. The van der Waals surface area contributed by atoms with Gasteiger partial charge in [0, 0.05) is 26.3 Å². The summed E-state index contributed by atoms with van der Waals surface area (Å²) in [4.78, 5) is 11.1. The summed E-state index contributed by atoms with van der Waals surface area (Å²) in [6.45, 7) is 1.15. The van der Waals surface area contributed by atoms with Crippen LogP contribution in [0.5, 0.6) is 0 Å². The molecule has 2 heterocycles. The lowest BCUT2D eigenvalue weighted by Crippen LogP contribution is -2.29. The number of aromatic nitrogens is 1. The number of sulfonamides is 1. The molecule has 0 amide bonds. The fourth-order valence-electron chi connectivity index (χ4n) is 3.43. The maximum atomic E-state index is 12.6. The Hall–Kier alpha value is -1.34. The van der Waals surface area contributed by atoms with Crippen molar-refractivity contribution in [1.82, 2.24) is 8.87 Å². The van der Waals surface area contributed by atoms with Crippen LogP contribution in [-0.4, -0.2) is 41.5 Å². The van der Waals surface area contributed by atoms with Crippen molar-refractivity contribution < 1.29 is 18.3 Å². The quantitative estimate of drug-likeness (QED) is 0.907. The van der Waals surface area contributed by atoms with Gasteiger partial charge in [-0.3, -0.25) is 0 Å². The number of hydrogen-bond donors (Lipinski definition) is 1. The number of aryl methyl sites for hydroxylation is 1. The summed E-state index contributed by atoms with van der Waals surface area (Å²) >= 11 is 0. The fourth-order valence-corrected chi connectivity index (χ4v) is 5.05. The van der Waals surface area contributed by atoms with Crippen LogP contribution in [0.4, 0.5) is 0 Å². The summed E-state index contributed by atoms with van der Waals surface area (Å²) in [5, 5.41) is 9.01. The van der Waals surface area contributed by atoms with Gasteiger partial charge in [-0.2, -0.15) is 4.31 Å². The Morgan fingerprint density at radius 1 is 1.30 bits per heavy atom. The van der Waals surface area contributed by atoms with Crippen LogP contribution < -0.4 is 0 Å². The Balaban J connectivity index is 1.89. The molecule has 0 radical (unpaired) electrons. The molecule has 2 atom stereocenters. The predicted octanol–water partition coefficient (Wildman–Crippen LogP) is 1.14. The molecule has 1 saturated heterocycles. The first-order valence-electron chi connectivity index (χ1n) is 6.79. The molecule has 0 spiro atoms. The van der Waals surface area contributed by atoms with Crippen LogP contribution in [0.25, 0.3) is 0 Å². The molecule has 1 aliphatic carbocycles. The van der Waals surface area contributed by atoms with Crippen LogP contribution in [0.3, 0.4) is 0 Å². The lowest BCUT2D eigenvalue weighted by Gasteiger charge is -2.16. The first-order chi connectivity index (χ1) is 9.39. The van der Waals surface area contributed by atoms with Gasteiger partial charge in [-0.15, -0.1) is 0 Å². The number of nitrogens with zero attached hydrogens (tertiary/aromatic N) is 2. The summed E-state index contributed by atoms with van der Waals surface area (Å²) < 4.78 is 28.0. The van der Waals surface area contributed by atoms with E-state index in [-0.39, 0.29) is 10.6 Å². The maximum Gasteiger partial charge on any atom is 0.352 e. The number of carbonyl (C=O) groups is 1. The number of carboxylic acids is 1. The number of carboxylic acid groups (broad SMARTS) is 1. The minimum absolute atomic E-state index is 0.0111. The first kappa shape index (κ1) is 13.6. The van der Waals surface area contributed by atoms with Gasteiger partial charge in [0.15, 0.2) is 0 Å². The first-order valence-corrected chi connectivity index (χ1v) is 8.23. The van der Waals surface area contributed by atoms with E-state index in [2.05, 4.69) is 0 Å². The van der Waals surface area contributed by atoms with Crippen molar-refractivity contribution in [2.24, 2.45) is 18.9 Å². The fraction of sp³-hybridized carbons (Fsp3) is 0.615. The molecule has 0 bridgehead atoms. The molecule has 3 rings (SSSR count). The summed E-state index contributed by atoms with van der Waals surface area (Å²) in [5.41, 5.74) is -0.0111. The summed E-state index contributed by atoms with van der Waals surface area (Å²) in [7, 11) is -2.02. The average Bonchev–Trinajstić information content (AvgIpc) is 3.00. The van der Waals surface area contributed by atoms with Crippen molar-refractivity contribution >= 4 is 16.0 Å². The standard InChI is InChI=1S/C13H18N2O4S/c1-14-8-11(5-12(14)13(16)17)20(18,19)15-6-9-3-2-4-10(9)7-15/h5,8-10H,2-4,6-7H2,1H3,(H,16,17)/t9-,10+. The SMILES string of the molecule is Cn1cc(S(=O)(=O)N2C[C@H]3CCC[C@H]3C2)cc1C(=O)O. The van der Waals surface area contributed by atoms with Crippen molar-refractivity contribution in [2.75, 3.05) is 13.1 Å². The summed E-state index contributed by atoms with van der Waals surface area (Å²) in [5.74, 6) is -0.160. The van der Waals surface area contributed by atoms with Gasteiger partial charge in [0.25, 0.3) is 0 Å². The van der Waals surface area contributed by atoms with E-state index < -0.39 is 16.0 Å². The highest BCUT2D eigenvalue weighted by Crippen LogP contribution is 2.39. The Morgan fingerprint density at radius 2 is 1.90 bits per heavy atom. The molecule has 7 heteroatoms. The zero-order valence-electron chi connectivity index (χ0n) is 11.3. The van der Waals surface area contributed by atoms with Crippen LogP contribution in [0.2, 0.25) is 0 Å². The van der Waals surface area contributed by atoms with Gasteiger partial charge in [-0.05, 0) is 30.7 Å². The molecule has 1 N–H and O–H groups in total. The third-order valence-corrected chi connectivity index (χ3v) is 6.33. The van der Waals surface area contributed by atoms with E-state index in [9.17, 15) is 13.2 Å². The van der Waals surface area contributed by atoms with Crippen molar-refractivity contribution in [3.8, 4) is 0 Å². The molecule has 6 nitrogen and oxygen atoms in total. The maximum absolute atomic E-state index is 12.6. The third kappa shape index (κ3) is 2.05. The highest BCUT2D eigenvalue weighted by molar-refractivity contribution is 7.89. The van der Waals surface area contributed by atoms with Gasteiger partial charge < -0.3 is 9.67 Å². The molecule has 2 aliphatic rings. The Labute approximate surface area is 118 Å². The molecule has 110 valence electrons. The number of fused-ring (bicyclic) bond motifs is 1. The van der Waals surface area contributed by atoms with Gasteiger partial charge in [0.05, 0.1) is 0 Å². The van der Waals surface area contributed by atoms with Crippen molar-refractivity contribution in [3.05, 3.63) is 18.0 Å². The lowest BCUT2D eigenvalue weighted by molar-refractivity contribution is 0.0686. The Kier molecular flexibility index (Phi) is 3.13. The number of aromatic carboxylic acids is 1. The Bertz CT molecular complexity index is 637. The minimum atomic E-state index is -3.57. The zero-order chi connectivity index (χ0) is 14.5. The second kappa shape index (κ2) is 4.60. The van der Waals surface area contributed by atoms with E-state index in [0.717, 1.165) is 12.8 Å². The van der Waals surface area contributed by atoms with E-state index in [1.54, 1.807) is 7.05 Å². The van der Waals surface area contributed by atoms with E-state index in [0.29, 0.717) is 24.9 Å².